The van der Waals surface area contributed by atoms with E-state index in [-0.39, 0.29) is 34.1 Å². The molecule has 0 spiro atoms. The Bertz CT molecular complexity index is 704. The first-order chi connectivity index (χ1) is 8.59. The summed E-state index contributed by atoms with van der Waals surface area (Å²) in [5, 5.41) is 9.80. The normalized spacial score (nSPS) is 13.1. The summed E-state index contributed by atoms with van der Waals surface area (Å²) >= 11 is 0. The third-order valence-electron chi connectivity index (χ3n) is 3.03. The van der Waals surface area contributed by atoms with E-state index in [1.54, 1.807) is 24.3 Å². The van der Waals surface area contributed by atoms with Crippen molar-refractivity contribution in [3.05, 3.63) is 58.7 Å². The number of ketones is 2. The molecule has 0 saturated heterocycles. The van der Waals surface area contributed by atoms with E-state index in [4.69, 9.17) is 5.73 Å². The first-order valence-corrected chi connectivity index (χ1v) is 5.40. The molecule has 3 rings (SSSR count). The van der Waals surface area contributed by atoms with Gasteiger partial charge in [-0.1, -0.05) is 24.3 Å². The molecule has 0 bridgehead atoms. The van der Waals surface area contributed by atoms with Crippen LogP contribution in [0.4, 0.5) is 5.69 Å². The zero-order valence-corrected chi connectivity index (χ0v) is 9.31. The first-order valence-electron chi connectivity index (χ1n) is 5.40. The molecule has 0 aromatic heterocycles. The number of fused-ring (bicyclic) bond motifs is 2. The molecular weight excluding hydrogens is 230 g/mol. The van der Waals surface area contributed by atoms with Crippen molar-refractivity contribution in [3.8, 4) is 5.75 Å². The van der Waals surface area contributed by atoms with E-state index in [1.165, 1.54) is 12.1 Å². The molecule has 0 atom stereocenters. The average Bonchev–Trinajstić information content (AvgIpc) is 2.35. The van der Waals surface area contributed by atoms with Gasteiger partial charge >= 0.3 is 0 Å². The summed E-state index contributed by atoms with van der Waals surface area (Å²) in [7, 11) is 0. The average molecular weight is 239 g/mol. The van der Waals surface area contributed by atoms with Crippen LogP contribution in [0.1, 0.15) is 31.8 Å². The second kappa shape index (κ2) is 3.43. The second-order valence-electron chi connectivity index (χ2n) is 4.17. The number of anilines is 1. The Morgan fingerprint density at radius 3 is 2.17 bits per heavy atom. The number of nitrogen functional groups attached to an aromatic ring is 1. The van der Waals surface area contributed by atoms with Gasteiger partial charge in [0, 0.05) is 28.4 Å². The smallest absolute Gasteiger partial charge is 0.198 e. The van der Waals surface area contributed by atoms with Gasteiger partial charge in [0.1, 0.15) is 5.75 Å². The van der Waals surface area contributed by atoms with Crippen molar-refractivity contribution in [2.45, 2.75) is 0 Å². The van der Waals surface area contributed by atoms with Gasteiger partial charge < -0.3 is 10.8 Å². The molecule has 0 unspecified atom stereocenters. The summed E-state index contributed by atoms with van der Waals surface area (Å²) in [4.78, 5) is 24.5. The van der Waals surface area contributed by atoms with Gasteiger partial charge in [0.25, 0.3) is 0 Å². The molecule has 3 N–H and O–H groups in total. The Morgan fingerprint density at radius 1 is 0.889 bits per heavy atom. The van der Waals surface area contributed by atoms with Gasteiger partial charge in [-0.25, -0.2) is 0 Å². The SMILES string of the molecule is Nc1cc(O)c2c(c1)C(=O)c1ccccc1C2=O. The van der Waals surface area contributed by atoms with Gasteiger partial charge in [0.15, 0.2) is 11.6 Å². The minimum Gasteiger partial charge on any atom is -0.507 e. The molecule has 1 aliphatic rings. The van der Waals surface area contributed by atoms with Gasteiger partial charge in [0.05, 0.1) is 5.56 Å². The van der Waals surface area contributed by atoms with E-state index in [1.807, 2.05) is 0 Å². The number of hydrogen-bond donors (Lipinski definition) is 2. The predicted molar refractivity (Wildman–Crippen MR) is 65.8 cm³/mol. The van der Waals surface area contributed by atoms with Crippen molar-refractivity contribution in [2.75, 3.05) is 5.73 Å². The summed E-state index contributed by atoms with van der Waals surface area (Å²) < 4.78 is 0. The van der Waals surface area contributed by atoms with E-state index in [0.29, 0.717) is 11.1 Å². The van der Waals surface area contributed by atoms with Crippen molar-refractivity contribution >= 4 is 17.3 Å². The zero-order valence-electron chi connectivity index (χ0n) is 9.31. The minimum atomic E-state index is -0.349. The number of carbonyl (C=O) groups excluding carboxylic acids is 2. The van der Waals surface area contributed by atoms with E-state index in [2.05, 4.69) is 0 Å². The summed E-state index contributed by atoms with van der Waals surface area (Å²) in [6, 6.07) is 9.25. The lowest BCUT2D eigenvalue weighted by molar-refractivity contribution is 0.0977. The van der Waals surface area contributed by atoms with Gasteiger partial charge in [-0.05, 0) is 6.07 Å². The molecule has 2 aromatic rings. The van der Waals surface area contributed by atoms with Gasteiger partial charge in [-0.3, -0.25) is 9.59 Å². The molecule has 0 radical (unpaired) electrons. The molecule has 88 valence electrons. The topological polar surface area (TPSA) is 80.4 Å². The van der Waals surface area contributed by atoms with Crippen LogP contribution >= 0.6 is 0 Å². The highest BCUT2D eigenvalue weighted by Gasteiger charge is 2.31. The lowest BCUT2D eigenvalue weighted by Gasteiger charge is -2.18. The maximum Gasteiger partial charge on any atom is 0.198 e. The maximum atomic E-state index is 12.2. The highest BCUT2D eigenvalue weighted by Crippen LogP contribution is 2.34. The van der Waals surface area contributed by atoms with Crippen LogP contribution < -0.4 is 5.73 Å². The highest BCUT2D eigenvalue weighted by molar-refractivity contribution is 6.29. The van der Waals surface area contributed by atoms with Crippen molar-refractivity contribution in [1.29, 1.82) is 0 Å². The van der Waals surface area contributed by atoms with E-state index in [9.17, 15) is 14.7 Å². The van der Waals surface area contributed by atoms with Crippen LogP contribution in [0.15, 0.2) is 36.4 Å². The van der Waals surface area contributed by atoms with Crippen LogP contribution in [0, 0.1) is 0 Å². The molecule has 1 aliphatic carbocycles. The number of carbonyl (C=O) groups is 2. The molecule has 0 aliphatic heterocycles. The lowest BCUT2D eigenvalue weighted by Crippen LogP contribution is -2.21. The Labute approximate surface area is 103 Å². The predicted octanol–water partition coefficient (Wildman–Crippen LogP) is 1.75. The van der Waals surface area contributed by atoms with Crippen molar-refractivity contribution in [1.82, 2.24) is 0 Å². The van der Waals surface area contributed by atoms with Gasteiger partial charge in [-0.15, -0.1) is 0 Å². The zero-order chi connectivity index (χ0) is 12.9. The molecule has 0 amide bonds. The summed E-state index contributed by atoms with van der Waals surface area (Å²) in [6.07, 6.45) is 0. The molecular formula is C14H9NO3. The maximum absolute atomic E-state index is 12.2. The fourth-order valence-corrected chi connectivity index (χ4v) is 2.23. The summed E-state index contributed by atoms with van der Waals surface area (Å²) in [5.74, 6) is -0.890. The molecule has 0 fully saturated rings. The second-order valence-corrected chi connectivity index (χ2v) is 4.17. The van der Waals surface area contributed by atoms with E-state index < -0.39 is 0 Å². The van der Waals surface area contributed by atoms with Crippen LogP contribution in [0.25, 0.3) is 0 Å². The Balaban J connectivity index is 2.37. The number of benzene rings is 2. The molecule has 4 nitrogen and oxygen atoms in total. The molecule has 4 heteroatoms. The monoisotopic (exact) mass is 239 g/mol. The number of rotatable bonds is 0. The number of phenolic OH excluding ortho intramolecular Hbond substituents is 1. The van der Waals surface area contributed by atoms with Crippen molar-refractivity contribution in [2.24, 2.45) is 0 Å². The van der Waals surface area contributed by atoms with Crippen LogP contribution in [0.3, 0.4) is 0 Å². The number of hydrogen-bond acceptors (Lipinski definition) is 4. The van der Waals surface area contributed by atoms with Crippen LogP contribution in [-0.2, 0) is 0 Å². The number of nitrogens with two attached hydrogens (primary N) is 1. The van der Waals surface area contributed by atoms with Crippen molar-refractivity contribution in [3.63, 3.8) is 0 Å². The van der Waals surface area contributed by atoms with E-state index in [0.717, 1.165) is 0 Å². The van der Waals surface area contributed by atoms with Gasteiger partial charge in [-0.2, -0.15) is 0 Å². The lowest BCUT2D eigenvalue weighted by atomic mass is 9.83. The Hall–Kier alpha value is -2.62. The first kappa shape index (κ1) is 10.5. The van der Waals surface area contributed by atoms with Gasteiger partial charge in [0.2, 0.25) is 0 Å². The molecule has 18 heavy (non-hydrogen) atoms. The van der Waals surface area contributed by atoms with E-state index >= 15 is 0 Å². The third-order valence-corrected chi connectivity index (χ3v) is 3.03. The summed E-state index contributed by atoms with van der Waals surface area (Å²) in [6.45, 7) is 0. The standard InChI is InChI=1S/C14H9NO3/c15-7-5-10-12(11(16)6-7)14(18)9-4-2-1-3-8(9)13(10)17/h1-6,16H,15H2. The van der Waals surface area contributed by atoms with Crippen molar-refractivity contribution < 1.29 is 14.7 Å². The molecule has 0 heterocycles. The Morgan fingerprint density at radius 2 is 1.50 bits per heavy atom. The quantitative estimate of drug-likeness (QED) is 0.585. The highest BCUT2D eigenvalue weighted by atomic mass is 16.3. The number of phenols is 1. The fraction of sp³-hybridized carbons (Fsp3) is 0. The molecule has 0 saturated carbocycles. The Kier molecular flexibility index (Phi) is 2.01. The van der Waals surface area contributed by atoms with Crippen LogP contribution in [0.2, 0.25) is 0 Å². The molecule has 2 aromatic carbocycles. The van der Waals surface area contributed by atoms with Crippen LogP contribution in [-0.4, -0.2) is 16.7 Å². The minimum absolute atomic E-state index is 0.0351. The fourth-order valence-electron chi connectivity index (χ4n) is 2.23. The number of aromatic hydroxyl groups is 1. The largest absolute Gasteiger partial charge is 0.507 e. The third kappa shape index (κ3) is 1.26. The van der Waals surface area contributed by atoms with Crippen LogP contribution in [0.5, 0.6) is 5.75 Å². The summed E-state index contributed by atoms with van der Waals surface area (Å²) in [5.41, 5.74) is 6.70.